The number of rotatable bonds is 7. The molecule has 0 aromatic carbocycles. The van der Waals surface area contributed by atoms with Crippen LogP contribution in [0.15, 0.2) is 36.8 Å². The maximum atomic E-state index is 12.7. The fourth-order valence-electron chi connectivity index (χ4n) is 2.74. The third-order valence-corrected chi connectivity index (χ3v) is 5.06. The molecule has 0 saturated heterocycles. The summed E-state index contributed by atoms with van der Waals surface area (Å²) in [6, 6.07) is 3.69. The number of fused-ring (bicyclic) bond motifs is 1. The van der Waals surface area contributed by atoms with Crippen LogP contribution >= 0.6 is 11.3 Å². The maximum absolute atomic E-state index is 12.7. The molecule has 3 rings (SSSR count). The van der Waals surface area contributed by atoms with Gasteiger partial charge in [-0.1, -0.05) is 6.07 Å². The number of thiazole rings is 1. The van der Waals surface area contributed by atoms with Crippen molar-refractivity contribution in [2.75, 3.05) is 0 Å². The molecule has 9 heteroatoms. The van der Waals surface area contributed by atoms with Crippen LogP contribution in [-0.4, -0.2) is 32.4 Å². The predicted octanol–water partition coefficient (Wildman–Crippen LogP) is 1.99. The fraction of sp³-hybridized carbons (Fsp3) is 0.167. The number of nitrogens with two attached hydrogens (primary N) is 1. The van der Waals surface area contributed by atoms with E-state index in [9.17, 15) is 4.79 Å². The number of nitrogens with one attached hydrogen (secondary N) is 3. The first-order valence-electron chi connectivity index (χ1n) is 8.16. The number of carbonyl (C=O) groups is 1. The number of amides is 1. The standard InChI is InChI=1S/C18H19N7OS/c1-25-15(18(26)23-10-11-3-2-6-22-9-11)13(8-20)16-17(25)24-14(27-16)7-12(21)4-5-19/h2-6,8-9,20-21H,7,10,19H2,1H3,(H,23,26)/b5-4-,20-8?,21-12?. The molecule has 3 aromatic heterocycles. The summed E-state index contributed by atoms with van der Waals surface area (Å²) in [7, 11) is 1.75. The molecule has 0 atom stereocenters. The van der Waals surface area contributed by atoms with Crippen molar-refractivity contribution in [2.45, 2.75) is 13.0 Å². The van der Waals surface area contributed by atoms with Gasteiger partial charge in [-0.05, 0) is 23.9 Å². The summed E-state index contributed by atoms with van der Waals surface area (Å²) < 4.78 is 2.45. The monoisotopic (exact) mass is 381 g/mol. The quantitative estimate of drug-likeness (QED) is 0.466. The summed E-state index contributed by atoms with van der Waals surface area (Å²) in [5, 5.41) is 19.2. The van der Waals surface area contributed by atoms with Crippen molar-refractivity contribution in [1.82, 2.24) is 19.9 Å². The van der Waals surface area contributed by atoms with E-state index in [-0.39, 0.29) is 5.91 Å². The Morgan fingerprint density at radius 3 is 2.96 bits per heavy atom. The zero-order valence-electron chi connectivity index (χ0n) is 14.7. The molecule has 27 heavy (non-hydrogen) atoms. The molecule has 0 radical (unpaired) electrons. The Hall–Kier alpha value is -3.33. The Morgan fingerprint density at radius 2 is 2.30 bits per heavy atom. The third kappa shape index (κ3) is 3.77. The fourth-order valence-corrected chi connectivity index (χ4v) is 3.88. The number of nitrogens with zero attached hydrogens (tertiary/aromatic N) is 3. The molecular formula is C18H19N7OS. The van der Waals surface area contributed by atoms with E-state index in [4.69, 9.17) is 16.6 Å². The molecule has 0 aliphatic carbocycles. The molecule has 0 unspecified atom stereocenters. The van der Waals surface area contributed by atoms with E-state index in [2.05, 4.69) is 15.3 Å². The summed E-state index contributed by atoms with van der Waals surface area (Å²) in [6.45, 7) is 0.351. The minimum atomic E-state index is -0.273. The van der Waals surface area contributed by atoms with Crippen LogP contribution in [0.4, 0.5) is 0 Å². The Balaban J connectivity index is 1.88. The van der Waals surface area contributed by atoms with Crippen molar-refractivity contribution in [3.63, 3.8) is 0 Å². The van der Waals surface area contributed by atoms with Gasteiger partial charge in [-0.3, -0.25) is 9.78 Å². The van der Waals surface area contributed by atoms with Crippen LogP contribution in [0.3, 0.4) is 0 Å². The van der Waals surface area contributed by atoms with Crippen molar-refractivity contribution in [2.24, 2.45) is 12.8 Å². The summed E-state index contributed by atoms with van der Waals surface area (Å²) >= 11 is 1.38. The highest BCUT2D eigenvalue weighted by atomic mass is 32.1. The van der Waals surface area contributed by atoms with Crippen LogP contribution in [0.25, 0.3) is 10.3 Å². The second kappa shape index (κ2) is 7.92. The lowest BCUT2D eigenvalue weighted by molar-refractivity contribution is 0.0943. The smallest absolute Gasteiger partial charge is 0.268 e. The Labute approximate surface area is 159 Å². The molecule has 138 valence electrons. The number of allylic oxidation sites excluding steroid dienone is 1. The van der Waals surface area contributed by atoms with E-state index in [0.717, 1.165) is 15.3 Å². The van der Waals surface area contributed by atoms with E-state index < -0.39 is 0 Å². The lowest BCUT2D eigenvalue weighted by atomic mass is 10.2. The largest absolute Gasteiger partial charge is 0.405 e. The first-order chi connectivity index (χ1) is 13.0. The van der Waals surface area contributed by atoms with E-state index in [0.29, 0.717) is 35.6 Å². The van der Waals surface area contributed by atoms with Gasteiger partial charge in [0.1, 0.15) is 10.7 Å². The van der Waals surface area contributed by atoms with E-state index in [1.165, 1.54) is 29.8 Å². The van der Waals surface area contributed by atoms with E-state index in [1.54, 1.807) is 24.0 Å². The highest BCUT2D eigenvalue weighted by molar-refractivity contribution is 7.19. The first-order valence-corrected chi connectivity index (χ1v) is 8.98. The van der Waals surface area contributed by atoms with Crippen LogP contribution < -0.4 is 11.1 Å². The van der Waals surface area contributed by atoms with Gasteiger partial charge >= 0.3 is 0 Å². The second-order valence-corrected chi connectivity index (χ2v) is 6.91. The summed E-state index contributed by atoms with van der Waals surface area (Å²) in [4.78, 5) is 21.3. The predicted molar refractivity (Wildman–Crippen MR) is 107 cm³/mol. The minimum Gasteiger partial charge on any atom is -0.405 e. The molecule has 0 aliphatic heterocycles. The summed E-state index contributed by atoms with van der Waals surface area (Å²) in [5.74, 6) is -0.273. The molecule has 8 nitrogen and oxygen atoms in total. The zero-order chi connectivity index (χ0) is 19.4. The van der Waals surface area contributed by atoms with Crippen LogP contribution in [-0.2, 0) is 20.0 Å². The van der Waals surface area contributed by atoms with Crippen LogP contribution in [0.1, 0.15) is 26.6 Å². The van der Waals surface area contributed by atoms with Gasteiger partial charge in [0.25, 0.3) is 5.91 Å². The molecule has 1 amide bonds. The number of pyridine rings is 1. The topological polar surface area (TPSA) is 134 Å². The molecule has 0 aliphatic rings. The lowest BCUT2D eigenvalue weighted by Crippen LogP contribution is -2.26. The molecule has 5 N–H and O–H groups in total. The normalized spacial score (nSPS) is 11.1. The highest BCUT2D eigenvalue weighted by Crippen LogP contribution is 2.30. The minimum absolute atomic E-state index is 0.273. The Morgan fingerprint density at radius 1 is 1.48 bits per heavy atom. The number of aryl methyl sites for hydroxylation is 1. The van der Waals surface area contributed by atoms with Crippen molar-refractivity contribution < 1.29 is 4.79 Å². The molecule has 3 heterocycles. The molecule has 3 aromatic rings. The average Bonchev–Trinajstić information content (AvgIpc) is 3.18. The van der Waals surface area contributed by atoms with Gasteiger partial charge in [0, 0.05) is 49.9 Å². The van der Waals surface area contributed by atoms with Gasteiger partial charge in [0.15, 0.2) is 5.65 Å². The zero-order valence-corrected chi connectivity index (χ0v) is 15.5. The molecule has 0 bridgehead atoms. The first kappa shape index (κ1) is 18.5. The number of carbonyl (C=O) groups excluding carboxylic acids is 1. The number of hydrogen-bond acceptors (Lipinski definition) is 7. The van der Waals surface area contributed by atoms with Crippen molar-refractivity contribution in [1.29, 1.82) is 10.8 Å². The summed E-state index contributed by atoms with van der Waals surface area (Å²) in [5.41, 5.74) is 8.11. The number of hydrogen-bond donors (Lipinski definition) is 4. The molecule has 0 fully saturated rings. The molecule has 0 saturated carbocycles. The highest BCUT2D eigenvalue weighted by Gasteiger charge is 2.23. The Bertz CT molecular complexity index is 1030. The molecule has 0 spiro atoms. The van der Waals surface area contributed by atoms with Gasteiger partial charge in [-0.2, -0.15) is 0 Å². The summed E-state index contributed by atoms with van der Waals surface area (Å²) in [6.07, 6.45) is 7.74. The van der Waals surface area contributed by atoms with Gasteiger partial charge in [0.05, 0.1) is 4.70 Å². The average molecular weight is 381 g/mol. The Kier molecular flexibility index (Phi) is 5.41. The third-order valence-electron chi connectivity index (χ3n) is 3.98. The number of aromatic nitrogens is 3. The second-order valence-electron chi connectivity index (χ2n) is 5.83. The van der Waals surface area contributed by atoms with Crippen molar-refractivity contribution in [3.8, 4) is 0 Å². The maximum Gasteiger partial charge on any atom is 0.268 e. The van der Waals surface area contributed by atoms with E-state index >= 15 is 0 Å². The molecular weight excluding hydrogens is 362 g/mol. The van der Waals surface area contributed by atoms with Gasteiger partial charge in [0.2, 0.25) is 0 Å². The van der Waals surface area contributed by atoms with Crippen LogP contribution in [0, 0.1) is 10.8 Å². The van der Waals surface area contributed by atoms with Gasteiger partial charge < -0.3 is 26.4 Å². The van der Waals surface area contributed by atoms with Crippen molar-refractivity contribution >= 4 is 39.5 Å². The lowest BCUT2D eigenvalue weighted by Gasteiger charge is -2.07. The van der Waals surface area contributed by atoms with Crippen LogP contribution in [0.5, 0.6) is 0 Å². The van der Waals surface area contributed by atoms with Crippen LogP contribution in [0.2, 0.25) is 0 Å². The SMILES string of the molecule is Cn1c(C(=O)NCc2cccnc2)c(C=N)c2sc(CC(=N)/C=C\N)nc21. The van der Waals surface area contributed by atoms with Crippen molar-refractivity contribution in [3.05, 3.63) is 58.6 Å². The van der Waals surface area contributed by atoms with Gasteiger partial charge in [-0.25, -0.2) is 4.98 Å². The van der Waals surface area contributed by atoms with Gasteiger partial charge in [-0.15, -0.1) is 11.3 Å². The van der Waals surface area contributed by atoms with E-state index in [1.807, 2.05) is 12.1 Å².